The third kappa shape index (κ3) is 3.83. The van der Waals surface area contributed by atoms with Gasteiger partial charge in [-0.25, -0.2) is 4.79 Å². The lowest BCUT2D eigenvalue weighted by Crippen LogP contribution is -2.13. The number of anilines is 1. The van der Waals surface area contributed by atoms with Crippen LogP contribution in [0.1, 0.15) is 26.3 Å². The molecule has 0 aliphatic rings. The first-order valence-corrected chi connectivity index (χ1v) is 6.62. The molecule has 1 amide bonds. The standard InChI is InChI=1S/C16H12F3NO4/c1-24-15(23)10-4-7-12(13(21)8-10)20-14(22)9-2-5-11(6-3-9)16(17,18)19/h2-8,21H,1H3,(H,20,22). The minimum Gasteiger partial charge on any atom is -0.506 e. The zero-order valence-corrected chi connectivity index (χ0v) is 12.3. The number of rotatable bonds is 3. The Morgan fingerprint density at radius 3 is 2.12 bits per heavy atom. The van der Waals surface area contributed by atoms with Gasteiger partial charge < -0.3 is 15.2 Å². The average Bonchev–Trinajstić information content (AvgIpc) is 2.55. The van der Waals surface area contributed by atoms with Crippen LogP contribution in [0.5, 0.6) is 5.75 Å². The summed E-state index contributed by atoms with van der Waals surface area (Å²) in [6, 6.07) is 7.34. The number of phenols is 1. The number of esters is 1. The Morgan fingerprint density at radius 2 is 1.62 bits per heavy atom. The lowest BCUT2D eigenvalue weighted by Gasteiger charge is -2.10. The van der Waals surface area contributed by atoms with Gasteiger partial charge in [0.1, 0.15) is 5.75 Å². The third-order valence-electron chi connectivity index (χ3n) is 3.14. The fraction of sp³-hybridized carbons (Fsp3) is 0.125. The number of hydrogen-bond acceptors (Lipinski definition) is 4. The molecular formula is C16H12F3NO4. The zero-order chi connectivity index (χ0) is 17.9. The second-order valence-corrected chi connectivity index (χ2v) is 4.75. The van der Waals surface area contributed by atoms with E-state index in [2.05, 4.69) is 10.1 Å². The Bertz CT molecular complexity index is 770. The number of phenolic OH excluding ortho intramolecular Hbond substituents is 1. The number of carbonyl (C=O) groups is 2. The topological polar surface area (TPSA) is 75.6 Å². The number of carbonyl (C=O) groups excluding carboxylic acids is 2. The predicted octanol–water partition coefficient (Wildman–Crippen LogP) is 3.45. The van der Waals surface area contributed by atoms with Crippen LogP contribution in [0.4, 0.5) is 18.9 Å². The fourth-order valence-electron chi connectivity index (χ4n) is 1.89. The van der Waals surface area contributed by atoms with Crippen molar-refractivity contribution in [2.45, 2.75) is 6.18 Å². The van der Waals surface area contributed by atoms with Gasteiger partial charge >= 0.3 is 12.1 Å². The van der Waals surface area contributed by atoms with Crippen molar-refractivity contribution in [3.8, 4) is 5.75 Å². The molecule has 2 aromatic carbocycles. The van der Waals surface area contributed by atoms with Gasteiger partial charge in [0, 0.05) is 5.56 Å². The Labute approximate surface area is 134 Å². The summed E-state index contributed by atoms with van der Waals surface area (Å²) in [5.74, 6) is -1.74. The lowest BCUT2D eigenvalue weighted by molar-refractivity contribution is -0.137. The molecule has 0 aromatic heterocycles. The van der Waals surface area contributed by atoms with Crippen molar-refractivity contribution >= 4 is 17.6 Å². The van der Waals surface area contributed by atoms with E-state index in [4.69, 9.17) is 0 Å². The van der Waals surface area contributed by atoms with E-state index >= 15 is 0 Å². The van der Waals surface area contributed by atoms with Gasteiger partial charge in [0.15, 0.2) is 0 Å². The van der Waals surface area contributed by atoms with Crippen molar-refractivity contribution in [2.24, 2.45) is 0 Å². The van der Waals surface area contributed by atoms with Crippen molar-refractivity contribution in [3.63, 3.8) is 0 Å². The van der Waals surface area contributed by atoms with E-state index in [1.54, 1.807) is 0 Å². The molecule has 0 aliphatic heterocycles. The number of hydrogen-bond donors (Lipinski definition) is 2. The van der Waals surface area contributed by atoms with Gasteiger partial charge in [-0.2, -0.15) is 13.2 Å². The summed E-state index contributed by atoms with van der Waals surface area (Å²) in [7, 11) is 1.18. The van der Waals surface area contributed by atoms with E-state index in [1.807, 2.05) is 0 Å². The lowest BCUT2D eigenvalue weighted by atomic mass is 10.1. The maximum absolute atomic E-state index is 12.5. The number of benzene rings is 2. The van der Waals surface area contributed by atoms with E-state index in [-0.39, 0.29) is 22.6 Å². The monoisotopic (exact) mass is 339 g/mol. The maximum atomic E-state index is 12.5. The highest BCUT2D eigenvalue weighted by Crippen LogP contribution is 2.29. The van der Waals surface area contributed by atoms with E-state index in [1.165, 1.54) is 19.2 Å². The normalized spacial score (nSPS) is 11.0. The van der Waals surface area contributed by atoms with Crippen LogP contribution in [0.15, 0.2) is 42.5 Å². The summed E-state index contributed by atoms with van der Waals surface area (Å²) in [5.41, 5.74) is -0.793. The highest BCUT2D eigenvalue weighted by Gasteiger charge is 2.30. The quantitative estimate of drug-likeness (QED) is 0.663. The molecule has 0 fully saturated rings. The number of aromatic hydroxyl groups is 1. The molecule has 5 nitrogen and oxygen atoms in total. The number of nitrogens with one attached hydrogen (secondary N) is 1. The molecule has 0 bridgehead atoms. The fourth-order valence-corrected chi connectivity index (χ4v) is 1.89. The summed E-state index contributed by atoms with van der Waals surface area (Å²) in [4.78, 5) is 23.3. The predicted molar refractivity (Wildman–Crippen MR) is 78.8 cm³/mol. The molecule has 0 unspecified atom stereocenters. The van der Waals surface area contributed by atoms with Gasteiger partial charge in [-0.15, -0.1) is 0 Å². The molecular weight excluding hydrogens is 327 g/mol. The molecule has 0 spiro atoms. The molecule has 0 heterocycles. The summed E-state index contributed by atoms with van der Waals surface area (Å²) in [6.45, 7) is 0. The zero-order valence-electron chi connectivity index (χ0n) is 12.3. The highest BCUT2D eigenvalue weighted by atomic mass is 19.4. The van der Waals surface area contributed by atoms with E-state index in [0.29, 0.717) is 0 Å². The third-order valence-corrected chi connectivity index (χ3v) is 3.14. The first-order valence-electron chi connectivity index (χ1n) is 6.62. The molecule has 0 aliphatic carbocycles. The van der Waals surface area contributed by atoms with Crippen LogP contribution >= 0.6 is 0 Å². The van der Waals surface area contributed by atoms with Crippen LogP contribution in [0, 0.1) is 0 Å². The molecule has 126 valence electrons. The van der Waals surface area contributed by atoms with Gasteiger partial charge in [0.2, 0.25) is 0 Å². The van der Waals surface area contributed by atoms with Crippen LogP contribution in [0.2, 0.25) is 0 Å². The maximum Gasteiger partial charge on any atom is 0.416 e. The molecule has 8 heteroatoms. The molecule has 2 rings (SSSR count). The van der Waals surface area contributed by atoms with Crippen LogP contribution in [0.3, 0.4) is 0 Å². The first-order chi connectivity index (χ1) is 11.2. The van der Waals surface area contributed by atoms with Crippen LogP contribution in [0.25, 0.3) is 0 Å². The van der Waals surface area contributed by atoms with E-state index in [0.717, 1.165) is 30.3 Å². The van der Waals surface area contributed by atoms with Crippen molar-refractivity contribution in [3.05, 3.63) is 59.2 Å². The molecule has 0 radical (unpaired) electrons. The van der Waals surface area contributed by atoms with Gasteiger partial charge in [0.25, 0.3) is 5.91 Å². The Kier molecular flexibility index (Phi) is 4.77. The smallest absolute Gasteiger partial charge is 0.416 e. The molecule has 0 saturated heterocycles. The molecule has 2 N–H and O–H groups in total. The van der Waals surface area contributed by atoms with Gasteiger partial charge in [-0.3, -0.25) is 4.79 Å². The van der Waals surface area contributed by atoms with Gasteiger partial charge in [-0.05, 0) is 42.5 Å². The van der Waals surface area contributed by atoms with E-state index < -0.39 is 23.6 Å². The number of alkyl halides is 3. The Morgan fingerprint density at radius 1 is 1.04 bits per heavy atom. The second kappa shape index (κ2) is 6.61. The highest BCUT2D eigenvalue weighted by molar-refractivity contribution is 6.05. The van der Waals surface area contributed by atoms with Crippen molar-refractivity contribution < 1.29 is 32.6 Å². The summed E-state index contributed by atoms with van der Waals surface area (Å²) in [6.07, 6.45) is -4.49. The number of ether oxygens (including phenoxy) is 1. The summed E-state index contributed by atoms with van der Waals surface area (Å²) >= 11 is 0. The molecule has 0 atom stereocenters. The number of methoxy groups -OCH3 is 1. The van der Waals surface area contributed by atoms with Crippen molar-refractivity contribution in [1.82, 2.24) is 0 Å². The largest absolute Gasteiger partial charge is 0.506 e. The van der Waals surface area contributed by atoms with Gasteiger partial charge in [-0.1, -0.05) is 0 Å². The van der Waals surface area contributed by atoms with E-state index in [9.17, 15) is 27.9 Å². The summed E-state index contributed by atoms with van der Waals surface area (Å²) in [5, 5.41) is 12.2. The first kappa shape index (κ1) is 17.3. The summed E-state index contributed by atoms with van der Waals surface area (Å²) < 4.78 is 41.9. The SMILES string of the molecule is COC(=O)c1ccc(NC(=O)c2ccc(C(F)(F)F)cc2)c(O)c1. The van der Waals surface area contributed by atoms with Gasteiger partial charge in [0.05, 0.1) is 23.9 Å². The minimum atomic E-state index is -4.49. The Balaban J connectivity index is 2.16. The molecule has 0 saturated carbocycles. The average molecular weight is 339 g/mol. The molecule has 24 heavy (non-hydrogen) atoms. The number of amides is 1. The molecule has 2 aromatic rings. The van der Waals surface area contributed by atoms with Crippen molar-refractivity contribution in [2.75, 3.05) is 12.4 Å². The second-order valence-electron chi connectivity index (χ2n) is 4.75. The van der Waals surface area contributed by atoms with Crippen LogP contribution in [-0.4, -0.2) is 24.1 Å². The Hall–Kier alpha value is -3.03. The van der Waals surface area contributed by atoms with Crippen molar-refractivity contribution in [1.29, 1.82) is 0 Å². The number of halogens is 3. The van der Waals surface area contributed by atoms with Crippen LogP contribution < -0.4 is 5.32 Å². The minimum absolute atomic E-state index is 0.00699. The van der Waals surface area contributed by atoms with Crippen LogP contribution in [-0.2, 0) is 10.9 Å².